The molecular weight excluding hydrogens is 288 g/mol. The minimum Gasteiger partial charge on any atom is -0.397 e. The highest BCUT2D eigenvalue weighted by molar-refractivity contribution is 7.92. The smallest absolute Gasteiger partial charge is 0.280 e. The summed E-state index contributed by atoms with van der Waals surface area (Å²) in [6.07, 6.45) is 1.27. The lowest BCUT2D eigenvalue weighted by Gasteiger charge is -2.11. The van der Waals surface area contributed by atoms with Crippen molar-refractivity contribution in [2.24, 2.45) is 7.05 Å². The van der Waals surface area contributed by atoms with Gasteiger partial charge in [-0.25, -0.2) is 0 Å². The van der Waals surface area contributed by atoms with Crippen molar-refractivity contribution in [3.05, 3.63) is 35.0 Å². The van der Waals surface area contributed by atoms with Crippen LogP contribution in [0.2, 0.25) is 5.02 Å². The molecule has 0 aliphatic heterocycles. The van der Waals surface area contributed by atoms with E-state index >= 15 is 0 Å². The Morgan fingerprint density at radius 2 is 2.11 bits per heavy atom. The second-order valence-electron chi connectivity index (χ2n) is 4.12. The van der Waals surface area contributed by atoms with E-state index in [9.17, 15) is 8.42 Å². The SMILES string of the molecule is Cc1ccc(NS(=O)(=O)c2c(Cl)cnn2C)c(N)c1. The Morgan fingerprint density at radius 1 is 1.42 bits per heavy atom. The summed E-state index contributed by atoms with van der Waals surface area (Å²) in [5.41, 5.74) is 7.38. The summed E-state index contributed by atoms with van der Waals surface area (Å²) < 4.78 is 28.0. The predicted octanol–water partition coefficient (Wildman–Crippen LogP) is 1.76. The largest absolute Gasteiger partial charge is 0.397 e. The Hall–Kier alpha value is -1.73. The van der Waals surface area contributed by atoms with Gasteiger partial charge in [-0.1, -0.05) is 17.7 Å². The number of nitrogens with two attached hydrogens (primary N) is 1. The van der Waals surface area contributed by atoms with Crippen LogP contribution in [0.5, 0.6) is 0 Å². The first-order valence-corrected chi connectivity index (χ1v) is 7.24. The maximum Gasteiger partial charge on any atom is 0.280 e. The van der Waals surface area contributed by atoms with E-state index in [4.69, 9.17) is 17.3 Å². The molecule has 8 heteroatoms. The van der Waals surface area contributed by atoms with Crippen molar-refractivity contribution in [1.82, 2.24) is 9.78 Å². The molecule has 0 aliphatic carbocycles. The van der Waals surface area contributed by atoms with Gasteiger partial charge in [0.05, 0.1) is 22.6 Å². The molecule has 0 saturated carbocycles. The van der Waals surface area contributed by atoms with Crippen molar-refractivity contribution in [2.75, 3.05) is 10.5 Å². The lowest BCUT2D eigenvalue weighted by atomic mass is 10.2. The summed E-state index contributed by atoms with van der Waals surface area (Å²) in [7, 11) is -2.33. The minimum atomic E-state index is -3.83. The fraction of sp³-hybridized carbons (Fsp3) is 0.182. The maximum atomic E-state index is 12.2. The van der Waals surface area contributed by atoms with E-state index < -0.39 is 10.0 Å². The number of hydrogen-bond acceptors (Lipinski definition) is 4. The van der Waals surface area contributed by atoms with Crippen LogP contribution < -0.4 is 10.5 Å². The number of aromatic nitrogens is 2. The molecule has 19 heavy (non-hydrogen) atoms. The van der Waals surface area contributed by atoms with Crippen LogP contribution in [0, 0.1) is 6.92 Å². The van der Waals surface area contributed by atoms with Gasteiger partial charge < -0.3 is 5.73 Å². The number of benzene rings is 1. The van der Waals surface area contributed by atoms with Gasteiger partial charge in [-0.15, -0.1) is 0 Å². The Kier molecular flexibility index (Phi) is 3.42. The molecule has 0 atom stereocenters. The molecule has 3 N–H and O–H groups in total. The minimum absolute atomic E-state index is 0.0562. The normalized spacial score (nSPS) is 11.5. The van der Waals surface area contributed by atoms with Gasteiger partial charge in [-0.3, -0.25) is 9.40 Å². The number of sulfonamides is 1. The Morgan fingerprint density at radius 3 is 2.63 bits per heavy atom. The molecule has 0 spiro atoms. The fourth-order valence-electron chi connectivity index (χ4n) is 1.67. The quantitative estimate of drug-likeness (QED) is 0.845. The number of halogens is 1. The van der Waals surface area contributed by atoms with Crippen LogP contribution in [0.3, 0.4) is 0 Å². The molecule has 1 heterocycles. The van der Waals surface area contributed by atoms with Crippen molar-refractivity contribution in [3.8, 4) is 0 Å². The number of anilines is 2. The van der Waals surface area contributed by atoms with Crippen LogP contribution in [-0.4, -0.2) is 18.2 Å². The van der Waals surface area contributed by atoms with Crippen molar-refractivity contribution in [1.29, 1.82) is 0 Å². The van der Waals surface area contributed by atoms with Gasteiger partial charge in [0.25, 0.3) is 10.0 Å². The summed E-state index contributed by atoms with van der Waals surface area (Å²) >= 11 is 5.83. The molecule has 1 aromatic carbocycles. The Bertz CT molecular complexity index is 705. The number of aryl methyl sites for hydroxylation is 2. The molecule has 0 aliphatic rings. The lowest BCUT2D eigenvalue weighted by molar-refractivity contribution is 0.582. The molecular formula is C11H13ClN4O2S. The van der Waals surface area contributed by atoms with Crippen LogP contribution in [-0.2, 0) is 17.1 Å². The van der Waals surface area contributed by atoms with E-state index in [1.165, 1.54) is 17.9 Å². The fourth-order valence-corrected chi connectivity index (χ4v) is 3.42. The highest BCUT2D eigenvalue weighted by atomic mass is 35.5. The third-order valence-corrected chi connectivity index (χ3v) is 4.42. The predicted molar refractivity (Wildman–Crippen MR) is 74.6 cm³/mol. The van der Waals surface area contributed by atoms with E-state index in [-0.39, 0.29) is 10.0 Å². The molecule has 0 amide bonds. The van der Waals surface area contributed by atoms with Crippen LogP contribution in [0.4, 0.5) is 11.4 Å². The molecule has 102 valence electrons. The van der Waals surface area contributed by atoms with Crippen LogP contribution in [0.15, 0.2) is 29.4 Å². The molecule has 0 fully saturated rings. The van der Waals surface area contributed by atoms with Gasteiger partial charge in [0.15, 0.2) is 5.03 Å². The van der Waals surface area contributed by atoms with Gasteiger partial charge >= 0.3 is 0 Å². The second-order valence-corrected chi connectivity index (χ2v) is 6.12. The van der Waals surface area contributed by atoms with E-state index in [0.29, 0.717) is 11.4 Å². The van der Waals surface area contributed by atoms with Crippen LogP contribution >= 0.6 is 11.6 Å². The first kappa shape index (κ1) is 13.7. The van der Waals surface area contributed by atoms with Gasteiger partial charge in [-0.05, 0) is 24.6 Å². The summed E-state index contributed by atoms with van der Waals surface area (Å²) in [5, 5.41) is 3.75. The standard InChI is InChI=1S/C11H13ClN4O2S/c1-7-3-4-10(9(13)5-7)15-19(17,18)11-8(12)6-14-16(11)2/h3-6,15H,13H2,1-2H3. The first-order valence-electron chi connectivity index (χ1n) is 5.37. The molecule has 0 radical (unpaired) electrons. The summed E-state index contributed by atoms with van der Waals surface area (Å²) in [6, 6.07) is 5.05. The van der Waals surface area contributed by atoms with E-state index in [0.717, 1.165) is 5.56 Å². The number of hydrogen-bond donors (Lipinski definition) is 2. The molecule has 0 unspecified atom stereocenters. The van der Waals surface area contributed by atoms with Crippen molar-refractivity contribution < 1.29 is 8.42 Å². The third-order valence-electron chi connectivity index (χ3n) is 2.55. The van der Waals surface area contributed by atoms with Gasteiger partial charge in [-0.2, -0.15) is 13.5 Å². The zero-order chi connectivity index (χ0) is 14.2. The molecule has 2 aromatic rings. The van der Waals surface area contributed by atoms with E-state index in [1.54, 1.807) is 18.2 Å². The molecule has 2 rings (SSSR count). The molecule has 0 saturated heterocycles. The third kappa shape index (κ3) is 2.66. The second kappa shape index (κ2) is 4.75. The summed E-state index contributed by atoms with van der Waals surface area (Å²) in [6.45, 7) is 1.87. The molecule has 0 bridgehead atoms. The average Bonchev–Trinajstić information content (AvgIpc) is 2.63. The van der Waals surface area contributed by atoms with Gasteiger partial charge in [0, 0.05) is 7.05 Å². The van der Waals surface area contributed by atoms with E-state index in [1.807, 2.05) is 6.92 Å². The van der Waals surface area contributed by atoms with Crippen molar-refractivity contribution in [3.63, 3.8) is 0 Å². The van der Waals surface area contributed by atoms with Crippen LogP contribution in [0.25, 0.3) is 0 Å². The van der Waals surface area contributed by atoms with Crippen molar-refractivity contribution >= 4 is 33.0 Å². The molecule has 1 aromatic heterocycles. The average molecular weight is 301 g/mol. The number of nitrogens with one attached hydrogen (secondary N) is 1. The van der Waals surface area contributed by atoms with Gasteiger partial charge in [0.2, 0.25) is 0 Å². The zero-order valence-electron chi connectivity index (χ0n) is 10.4. The van der Waals surface area contributed by atoms with Crippen LogP contribution in [0.1, 0.15) is 5.56 Å². The zero-order valence-corrected chi connectivity index (χ0v) is 12.0. The summed E-state index contributed by atoms with van der Waals surface area (Å²) in [4.78, 5) is 0. The number of nitrogen functional groups attached to an aromatic ring is 1. The molecule has 6 nitrogen and oxygen atoms in total. The van der Waals surface area contributed by atoms with E-state index in [2.05, 4.69) is 9.82 Å². The lowest BCUT2D eigenvalue weighted by Crippen LogP contribution is -2.18. The maximum absolute atomic E-state index is 12.2. The number of rotatable bonds is 3. The first-order chi connectivity index (χ1) is 8.81. The highest BCUT2D eigenvalue weighted by Crippen LogP contribution is 2.26. The monoisotopic (exact) mass is 300 g/mol. The highest BCUT2D eigenvalue weighted by Gasteiger charge is 2.23. The summed E-state index contributed by atoms with van der Waals surface area (Å²) in [5.74, 6) is 0. The topological polar surface area (TPSA) is 90.0 Å². The van der Waals surface area contributed by atoms with Gasteiger partial charge in [0.1, 0.15) is 0 Å². The number of nitrogens with zero attached hydrogens (tertiary/aromatic N) is 2. The Balaban J connectivity index is 2.42. The van der Waals surface area contributed by atoms with Crippen molar-refractivity contribution in [2.45, 2.75) is 11.9 Å². The Labute approximate surface area is 116 Å².